The molecule has 0 spiro atoms. The van der Waals surface area contributed by atoms with Crippen LogP contribution in [0, 0.1) is 6.92 Å². The molecule has 2 rings (SSSR count). The van der Waals surface area contributed by atoms with Crippen molar-refractivity contribution in [1.29, 1.82) is 0 Å². The van der Waals surface area contributed by atoms with E-state index in [1.807, 2.05) is 0 Å². The number of carbonyl (C=O) groups excluding carboxylic acids is 1. The zero-order valence-electron chi connectivity index (χ0n) is 7.91. The maximum absolute atomic E-state index is 11.5. The first kappa shape index (κ1) is 9.14. The van der Waals surface area contributed by atoms with Gasteiger partial charge in [-0.25, -0.2) is 0 Å². The number of aromatic nitrogens is 2. The van der Waals surface area contributed by atoms with E-state index in [0.29, 0.717) is 5.89 Å². The van der Waals surface area contributed by atoms with Gasteiger partial charge < -0.3 is 9.73 Å². The van der Waals surface area contributed by atoms with Crippen LogP contribution in [-0.2, 0) is 4.79 Å². The van der Waals surface area contributed by atoms with Crippen molar-refractivity contribution in [3.8, 4) is 0 Å². The first-order valence-corrected chi connectivity index (χ1v) is 4.60. The molecular weight excluding hydrogens is 184 g/mol. The second-order valence-electron chi connectivity index (χ2n) is 3.26. The van der Waals surface area contributed by atoms with E-state index in [1.165, 1.54) is 0 Å². The van der Waals surface area contributed by atoms with Crippen LogP contribution < -0.4 is 10.6 Å². The molecule has 1 saturated heterocycles. The molecule has 0 aliphatic carbocycles. The monoisotopic (exact) mass is 196 g/mol. The summed E-state index contributed by atoms with van der Waals surface area (Å²) in [6.45, 7) is 2.57. The third-order valence-corrected chi connectivity index (χ3v) is 2.13. The molecule has 0 bridgehead atoms. The van der Waals surface area contributed by atoms with E-state index in [1.54, 1.807) is 6.92 Å². The van der Waals surface area contributed by atoms with Crippen LogP contribution in [0.25, 0.3) is 0 Å². The fourth-order valence-corrected chi connectivity index (χ4v) is 1.45. The van der Waals surface area contributed by atoms with Gasteiger partial charge in [0.1, 0.15) is 0 Å². The molecule has 1 fully saturated rings. The molecule has 14 heavy (non-hydrogen) atoms. The summed E-state index contributed by atoms with van der Waals surface area (Å²) in [6, 6.07) is 0.0448. The Labute approximate surface area is 81.1 Å². The predicted molar refractivity (Wildman–Crippen MR) is 48.7 cm³/mol. The van der Waals surface area contributed by atoms with E-state index in [9.17, 15) is 4.79 Å². The smallest absolute Gasteiger partial charge is 0.322 e. The van der Waals surface area contributed by atoms with Crippen molar-refractivity contribution in [3.63, 3.8) is 0 Å². The Balaban J connectivity index is 1.93. The lowest BCUT2D eigenvalue weighted by atomic mass is 10.2. The number of nitrogens with zero attached hydrogens (tertiary/aromatic N) is 2. The summed E-state index contributed by atoms with van der Waals surface area (Å²) in [5, 5.41) is 12.9. The maximum Gasteiger partial charge on any atom is 0.322 e. The van der Waals surface area contributed by atoms with Crippen LogP contribution in [0.1, 0.15) is 18.7 Å². The number of hydrogen-bond acceptors (Lipinski definition) is 5. The second-order valence-corrected chi connectivity index (χ2v) is 3.26. The Bertz CT molecular complexity index is 330. The molecule has 6 heteroatoms. The highest BCUT2D eigenvalue weighted by Crippen LogP contribution is 2.09. The van der Waals surface area contributed by atoms with Crippen LogP contribution in [0.4, 0.5) is 6.01 Å². The fraction of sp³-hybridized carbons (Fsp3) is 0.625. The molecular formula is C8H12N4O2. The Morgan fingerprint density at radius 2 is 2.50 bits per heavy atom. The van der Waals surface area contributed by atoms with Gasteiger partial charge in [0.15, 0.2) is 0 Å². The molecule has 1 unspecified atom stereocenters. The van der Waals surface area contributed by atoms with Gasteiger partial charge in [0.05, 0.1) is 6.04 Å². The predicted octanol–water partition coefficient (Wildman–Crippen LogP) is 0.0685. The average molecular weight is 196 g/mol. The van der Waals surface area contributed by atoms with Crippen LogP contribution in [-0.4, -0.2) is 28.7 Å². The van der Waals surface area contributed by atoms with Crippen LogP contribution in [0.2, 0.25) is 0 Å². The molecule has 1 amide bonds. The van der Waals surface area contributed by atoms with Gasteiger partial charge in [0.25, 0.3) is 0 Å². The highest BCUT2D eigenvalue weighted by atomic mass is 16.4. The van der Waals surface area contributed by atoms with Crippen molar-refractivity contribution in [1.82, 2.24) is 15.5 Å². The van der Waals surface area contributed by atoms with Crippen molar-refractivity contribution >= 4 is 11.9 Å². The van der Waals surface area contributed by atoms with Crippen molar-refractivity contribution in [3.05, 3.63) is 5.89 Å². The van der Waals surface area contributed by atoms with Crippen LogP contribution >= 0.6 is 0 Å². The number of hydrogen-bond donors (Lipinski definition) is 2. The number of aryl methyl sites for hydroxylation is 1. The molecule has 1 aromatic heterocycles. The number of anilines is 1. The molecule has 0 aromatic carbocycles. The molecule has 6 nitrogen and oxygen atoms in total. The molecule has 1 aliphatic heterocycles. The zero-order valence-corrected chi connectivity index (χ0v) is 7.91. The van der Waals surface area contributed by atoms with Gasteiger partial charge in [-0.1, -0.05) is 5.10 Å². The minimum absolute atomic E-state index is 0.105. The Kier molecular flexibility index (Phi) is 2.45. The van der Waals surface area contributed by atoms with Crippen molar-refractivity contribution in [2.75, 3.05) is 11.9 Å². The van der Waals surface area contributed by atoms with Crippen LogP contribution in [0.15, 0.2) is 4.42 Å². The number of nitrogens with one attached hydrogen (secondary N) is 2. The van der Waals surface area contributed by atoms with E-state index in [4.69, 9.17) is 4.42 Å². The quantitative estimate of drug-likeness (QED) is 0.699. The van der Waals surface area contributed by atoms with E-state index in [0.717, 1.165) is 19.4 Å². The van der Waals surface area contributed by atoms with Gasteiger partial charge in [-0.3, -0.25) is 10.1 Å². The molecule has 1 aliphatic rings. The van der Waals surface area contributed by atoms with Gasteiger partial charge in [-0.15, -0.1) is 5.10 Å². The molecule has 0 radical (unpaired) electrons. The summed E-state index contributed by atoms with van der Waals surface area (Å²) in [5.74, 6) is 0.339. The SMILES string of the molecule is Cc1nnc(NC(=O)C2CCCN2)o1. The van der Waals surface area contributed by atoms with Gasteiger partial charge in [-0.2, -0.15) is 0 Å². The first-order valence-electron chi connectivity index (χ1n) is 4.60. The summed E-state index contributed by atoms with van der Waals surface area (Å²) >= 11 is 0. The van der Waals surface area contributed by atoms with Crippen molar-refractivity contribution < 1.29 is 9.21 Å². The summed E-state index contributed by atoms with van der Waals surface area (Å²) in [7, 11) is 0. The minimum Gasteiger partial charge on any atom is -0.408 e. The third kappa shape index (κ3) is 1.90. The summed E-state index contributed by atoms with van der Waals surface area (Å²) in [5.41, 5.74) is 0. The van der Waals surface area contributed by atoms with E-state index >= 15 is 0 Å². The molecule has 0 saturated carbocycles. The summed E-state index contributed by atoms with van der Waals surface area (Å²) in [6.07, 6.45) is 1.89. The summed E-state index contributed by atoms with van der Waals surface area (Å²) < 4.78 is 5.03. The second kappa shape index (κ2) is 3.75. The lowest BCUT2D eigenvalue weighted by molar-refractivity contribution is -0.117. The maximum atomic E-state index is 11.5. The van der Waals surface area contributed by atoms with Gasteiger partial charge in [-0.05, 0) is 19.4 Å². The Morgan fingerprint density at radius 3 is 3.07 bits per heavy atom. The van der Waals surface area contributed by atoms with Crippen LogP contribution in [0.3, 0.4) is 0 Å². The Morgan fingerprint density at radius 1 is 1.64 bits per heavy atom. The fourth-order valence-electron chi connectivity index (χ4n) is 1.45. The van der Waals surface area contributed by atoms with Gasteiger partial charge >= 0.3 is 6.01 Å². The number of carbonyl (C=O) groups is 1. The number of amides is 1. The minimum atomic E-state index is -0.123. The molecule has 1 atom stereocenters. The topological polar surface area (TPSA) is 80.0 Å². The number of rotatable bonds is 2. The molecule has 2 N–H and O–H groups in total. The van der Waals surface area contributed by atoms with Gasteiger partial charge in [0.2, 0.25) is 11.8 Å². The van der Waals surface area contributed by atoms with E-state index in [2.05, 4.69) is 20.8 Å². The normalized spacial score (nSPS) is 21.1. The van der Waals surface area contributed by atoms with Crippen LogP contribution in [0.5, 0.6) is 0 Å². The van der Waals surface area contributed by atoms with E-state index < -0.39 is 0 Å². The first-order chi connectivity index (χ1) is 6.75. The van der Waals surface area contributed by atoms with Crippen molar-refractivity contribution in [2.45, 2.75) is 25.8 Å². The van der Waals surface area contributed by atoms with Crippen molar-refractivity contribution in [2.24, 2.45) is 0 Å². The molecule has 1 aromatic rings. The third-order valence-electron chi connectivity index (χ3n) is 2.13. The van der Waals surface area contributed by atoms with Gasteiger partial charge in [0, 0.05) is 6.92 Å². The van der Waals surface area contributed by atoms with E-state index in [-0.39, 0.29) is 18.0 Å². The summed E-state index contributed by atoms with van der Waals surface area (Å²) in [4.78, 5) is 11.5. The molecule has 2 heterocycles. The average Bonchev–Trinajstić information content (AvgIpc) is 2.75. The highest BCUT2D eigenvalue weighted by molar-refractivity contribution is 5.93. The zero-order chi connectivity index (χ0) is 9.97. The lowest BCUT2D eigenvalue weighted by Gasteiger charge is -2.07. The Hall–Kier alpha value is -1.43. The lowest BCUT2D eigenvalue weighted by Crippen LogP contribution is -2.35. The highest BCUT2D eigenvalue weighted by Gasteiger charge is 2.23. The molecule has 76 valence electrons. The largest absolute Gasteiger partial charge is 0.408 e. The standard InChI is InChI=1S/C8H12N4O2/c1-5-11-12-8(14-5)10-7(13)6-3-2-4-9-6/h6,9H,2-4H2,1H3,(H,10,12,13).